The number of fused-ring (bicyclic) bond motifs is 1. The maximum atomic E-state index is 11.2. The number of H-pyrrole nitrogens is 1. The molecule has 1 saturated carbocycles. The summed E-state index contributed by atoms with van der Waals surface area (Å²) in [5, 5.41) is -0.0557. The zero-order chi connectivity index (χ0) is 14.4. The molecule has 1 N–H and O–H groups in total. The Morgan fingerprint density at radius 1 is 1.19 bits per heavy atom. The third-order valence-electron chi connectivity index (χ3n) is 4.21. The molecule has 0 amide bonds. The highest BCUT2D eigenvalue weighted by Gasteiger charge is 2.43. The van der Waals surface area contributed by atoms with Gasteiger partial charge in [-0.2, -0.15) is 0 Å². The fourth-order valence-electron chi connectivity index (χ4n) is 3.00. The van der Waals surface area contributed by atoms with Crippen molar-refractivity contribution in [1.29, 1.82) is 0 Å². The van der Waals surface area contributed by atoms with E-state index in [4.69, 9.17) is 16.0 Å². The highest BCUT2D eigenvalue weighted by Crippen LogP contribution is 2.56. The van der Waals surface area contributed by atoms with E-state index in [0.29, 0.717) is 22.9 Å². The summed E-state index contributed by atoms with van der Waals surface area (Å²) < 4.78 is 5.10. The summed E-state index contributed by atoms with van der Waals surface area (Å²) in [6.07, 6.45) is 1.10. The average molecular weight is 300 g/mol. The molecule has 1 aliphatic carbocycles. The molecule has 4 heteroatoms. The Morgan fingerprint density at radius 2 is 2.00 bits per heavy atom. The molecule has 0 bridgehead atoms. The number of alkyl halides is 1. The number of oxazole rings is 1. The Labute approximate surface area is 126 Å². The van der Waals surface area contributed by atoms with Crippen LogP contribution in [0.5, 0.6) is 0 Å². The standard InChI is InChI=1S/C17H14ClNO2/c18-16(13-9-12(13)10-4-2-1-3-5-10)11-6-7-14-15(8-11)21-17(20)19-14/h1-8,12-13,16H,9H2,(H,19,20). The predicted octanol–water partition coefficient (Wildman–Crippen LogP) is 4.20. The molecule has 3 nitrogen and oxygen atoms in total. The van der Waals surface area contributed by atoms with Crippen LogP contribution in [0.1, 0.15) is 28.8 Å². The largest absolute Gasteiger partial charge is 0.417 e. The van der Waals surface area contributed by atoms with E-state index >= 15 is 0 Å². The number of nitrogens with one attached hydrogen (secondary N) is 1. The predicted molar refractivity (Wildman–Crippen MR) is 82.7 cm³/mol. The second kappa shape index (κ2) is 4.78. The van der Waals surface area contributed by atoms with Gasteiger partial charge in [0.25, 0.3) is 0 Å². The Morgan fingerprint density at radius 3 is 2.81 bits per heavy atom. The van der Waals surface area contributed by atoms with Gasteiger partial charge in [-0.05, 0) is 41.5 Å². The first kappa shape index (κ1) is 12.7. The van der Waals surface area contributed by atoms with E-state index in [0.717, 1.165) is 12.0 Å². The summed E-state index contributed by atoms with van der Waals surface area (Å²) in [7, 11) is 0. The molecule has 1 aliphatic rings. The maximum Gasteiger partial charge on any atom is 0.417 e. The maximum absolute atomic E-state index is 11.2. The molecule has 3 aromatic rings. The summed E-state index contributed by atoms with van der Waals surface area (Å²) in [6, 6.07) is 16.1. The van der Waals surface area contributed by atoms with Crippen LogP contribution >= 0.6 is 11.6 Å². The number of rotatable bonds is 3. The summed E-state index contributed by atoms with van der Waals surface area (Å²) in [5.74, 6) is 0.543. The number of aromatic nitrogens is 1. The highest BCUT2D eigenvalue weighted by atomic mass is 35.5. The molecule has 106 valence electrons. The van der Waals surface area contributed by atoms with Gasteiger partial charge in [-0.15, -0.1) is 11.6 Å². The molecule has 1 aromatic heterocycles. The van der Waals surface area contributed by atoms with Crippen LogP contribution in [0, 0.1) is 5.92 Å². The lowest BCUT2D eigenvalue weighted by molar-refractivity contribution is 0.555. The topological polar surface area (TPSA) is 46.0 Å². The van der Waals surface area contributed by atoms with Gasteiger partial charge in [-0.25, -0.2) is 4.79 Å². The number of aromatic amines is 1. The molecule has 21 heavy (non-hydrogen) atoms. The first-order chi connectivity index (χ1) is 10.2. The molecule has 4 rings (SSSR count). The van der Waals surface area contributed by atoms with E-state index in [-0.39, 0.29) is 5.38 Å². The molecule has 0 saturated heterocycles. The minimum Gasteiger partial charge on any atom is -0.408 e. The second-order valence-electron chi connectivity index (χ2n) is 5.59. The van der Waals surface area contributed by atoms with Crippen LogP contribution in [-0.2, 0) is 0 Å². The average Bonchev–Trinajstić information content (AvgIpc) is 3.22. The Bertz CT molecular complexity index is 837. The van der Waals surface area contributed by atoms with Gasteiger partial charge in [0.2, 0.25) is 0 Å². The molecule has 1 fully saturated rings. The van der Waals surface area contributed by atoms with Crippen molar-refractivity contribution in [3.63, 3.8) is 0 Å². The summed E-state index contributed by atoms with van der Waals surface area (Å²) in [5.41, 5.74) is 3.64. The Balaban J connectivity index is 1.59. The zero-order valence-corrected chi connectivity index (χ0v) is 12.0. The molecule has 3 unspecified atom stereocenters. The molecule has 2 aromatic carbocycles. The summed E-state index contributed by atoms with van der Waals surface area (Å²) in [6.45, 7) is 0. The van der Waals surface area contributed by atoms with Gasteiger partial charge in [0.15, 0.2) is 5.58 Å². The van der Waals surface area contributed by atoms with Crippen LogP contribution in [-0.4, -0.2) is 4.98 Å². The van der Waals surface area contributed by atoms with E-state index in [9.17, 15) is 4.79 Å². The van der Waals surface area contributed by atoms with Gasteiger partial charge in [0, 0.05) is 0 Å². The zero-order valence-electron chi connectivity index (χ0n) is 11.3. The first-order valence-electron chi connectivity index (χ1n) is 7.04. The quantitative estimate of drug-likeness (QED) is 0.737. The van der Waals surface area contributed by atoms with Crippen molar-refractivity contribution >= 4 is 22.7 Å². The van der Waals surface area contributed by atoms with E-state index in [1.165, 1.54) is 5.56 Å². The lowest BCUT2D eigenvalue weighted by Crippen LogP contribution is -1.95. The van der Waals surface area contributed by atoms with E-state index in [1.54, 1.807) is 0 Å². The van der Waals surface area contributed by atoms with Crippen molar-refractivity contribution in [2.45, 2.75) is 17.7 Å². The van der Waals surface area contributed by atoms with E-state index in [1.807, 2.05) is 24.3 Å². The number of halogens is 1. The highest BCUT2D eigenvalue weighted by molar-refractivity contribution is 6.21. The smallest absolute Gasteiger partial charge is 0.408 e. The molecule has 0 spiro atoms. The first-order valence-corrected chi connectivity index (χ1v) is 7.48. The van der Waals surface area contributed by atoms with Crippen molar-refractivity contribution < 1.29 is 4.42 Å². The van der Waals surface area contributed by atoms with Gasteiger partial charge in [0.1, 0.15) is 0 Å². The molecular weight excluding hydrogens is 286 g/mol. The van der Waals surface area contributed by atoms with Crippen molar-refractivity contribution in [2.24, 2.45) is 5.92 Å². The van der Waals surface area contributed by atoms with Gasteiger partial charge < -0.3 is 4.42 Å². The van der Waals surface area contributed by atoms with E-state index < -0.39 is 5.76 Å². The fraction of sp³-hybridized carbons (Fsp3) is 0.235. The van der Waals surface area contributed by atoms with Crippen molar-refractivity contribution in [2.75, 3.05) is 0 Å². The lowest BCUT2D eigenvalue weighted by Gasteiger charge is -2.09. The molecule has 1 heterocycles. The Kier molecular flexibility index (Phi) is 2.89. The van der Waals surface area contributed by atoms with Crippen LogP contribution in [0.15, 0.2) is 57.7 Å². The Hall–Kier alpha value is -2.00. The molecule has 3 atom stereocenters. The molecule has 0 aliphatic heterocycles. The normalized spacial score (nSPS) is 22.3. The SMILES string of the molecule is O=c1[nH]c2ccc(C(Cl)C3CC3c3ccccc3)cc2o1. The van der Waals surface area contributed by atoms with Crippen molar-refractivity contribution in [3.05, 3.63) is 70.2 Å². The fourth-order valence-corrected chi connectivity index (χ4v) is 3.42. The molecule has 0 radical (unpaired) electrons. The van der Waals surface area contributed by atoms with Crippen molar-refractivity contribution in [1.82, 2.24) is 4.98 Å². The number of benzene rings is 2. The molecular formula is C17H14ClNO2. The van der Waals surface area contributed by atoms with Gasteiger partial charge in [-0.1, -0.05) is 36.4 Å². The minimum atomic E-state index is -0.429. The van der Waals surface area contributed by atoms with Crippen molar-refractivity contribution in [3.8, 4) is 0 Å². The number of hydrogen-bond acceptors (Lipinski definition) is 2. The van der Waals surface area contributed by atoms with Gasteiger partial charge in [0.05, 0.1) is 10.9 Å². The number of hydrogen-bond donors (Lipinski definition) is 1. The van der Waals surface area contributed by atoms with Crippen LogP contribution in [0.25, 0.3) is 11.1 Å². The van der Waals surface area contributed by atoms with Crippen LogP contribution < -0.4 is 5.76 Å². The summed E-state index contributed by atoms with van der Waals surface area (Å²) >= 11 is 6.63. The minimum absolute atomic E-state index is 0.0557. The lowest BCUT2D eigenvalue weighted by atomic mass is 10.0. The van der Waals surface area contributed by atoms with Crippen LogP contribution in [0.2, 0.25) is 0 Å². The summed E-state index contributed by atoms with van der Waals surface area (Å²) in [4.78, 5) is 13.8. The van der Waals surface area contributed by atoms with Gasteiger partial charge >= 0.3 is 5.76 Å². The van der Waals surface area contributed by atoms with Crippen LogP contribution in [0.4, 0.5) is 0 Å². The third-order valence-corrected chi connectivity index (χ3v) is 4.78. The second-order valence-corrected chi connectivity index (χ2v) is 6.06. The third kappa shape index (κ3) is 2.28. The monoisotopic (exact) mass is 299 g/mol. The van der Waals surface area contributed by atoms with Crippen LogP contribution in [0.3, 0.4) is 0 Å². The van der Waals surface area contributed by atoms with Gasteiger partial charge in [-0.3, -0.25) is 4.98 Å². The van der Waals surface area contributed by atoms with E-state index in [2.05, 4.69) is 29.2 Å².